The van der Waals surface area contributed by atoms with E-state index in [4.69, 9.17) is 9.47 Å². The Labute approximate surface area is 227 Å². The maximum Gasteiger partial charge on any atom is 0.203 e. The van der Waals surface area contributed by atoms with Crippen molar-refractivity contribution in [1.82, 2.24) is 0 Å². The summed E-state index contributed by atoms with van der Waals surface area (Å²) in [4.78, 5) is 14.6. The van der Waals surface area contributed by atoms with E-state index in [2.05, 4.69) is 91.5 Å². The highest BCUT2D eigenvalue weighted by Gasteiger charge is 2.51. The largest absolute Gasteiger partial charge is 0.485 e. The van der Waals surface area contributed by atoms with Gasteiger partial charge in [-0.05, 0) is 61.4 Å². The molecule has 0 fully saturated rings. The quantitative estimate of drug-likeness (QED) is 0.225. The van der Waals surface area contributed by atoms with Crippen LogP contribution in [0.2, 0.25) is 0 Å². The minimum Gasteiger partial charge on any atom is -0.485 e. The fourth-order valence-electron chi connectivity index (χ4n) is 6.64. The summed E-state index contributed by atoms with van der Waals surface area (Å²) in [5, 5.41) is 0. The summed E-state index contributed by atoms with van der Waals surface area (Å²) in [5.41, 5.74) is 10.2. The Morgan fingerprint density at radius 1 is 0.641 bits per heavy atom. The Morgan fingerprint density at radius 3 is 1.85 bits per heavy atom. The van der Waals surface area contributed by atoms with Gasteiger partial charge in [-0.25, -0.2) is 0 Å². The Hall–Kier alpha value is -4.83. The molecule has 1 spiro atoms. The number of benzene rings is 5. The normalized spacial score (nSPS) is 15.4. The monoisotopic (exact) mass is 507 g/mol. The Morgan fingerprint density at radius 2 is 1.23 bits per heavy atom. The number of para-hydroxylation sites is 2. The van der Waals surface area contributed by atoms with Gasteiger partial charge in [-0.3, -0.25) is 4.79 Å². The first-order valence-electron chi connectivity index (χ1n) is 13.2. The molecule has 0 N–H and O–H groups in total. The molecule has 4 heteroatoms. The van der Waals surface area contributed by atoms with Crippen molar-refractivity contribution in [1.29, 1.82) is 0 Å². The number of fused-ring (bicyclic) bond motifs is 9. The number of ketones is 1. The number of aryl methyl sites for hydroxylation is 2. The van der Waals surface area contributed by atoms with Crippen LogP contribution in [0.15, 0.2) is 103 Å². The molecule has 0 atom stereocenters. The lowest BCUT2D eigenvalue weighted by Crippen LogP contribution is -2.39. The molecule has 3 aliphatic rings. The van der Waals surface area contributed by atoms with E-state index in [1.54, 1.807) is 0 Å². The van der Waals surface area contributed by atoms with Crippen LogP contribution >= 0.6 is 0 Å². The van der Waals surface area contributed by atoms with Crippen LogP contribution in [0.4, 0.5) is 17.1 Å². The van der Waals surface area contributed by atoms with Crippen LogP contribution in [0.1, 0.15) is 43.7 Å². The number of carbonyl (C=O) groups excluding carboxylic acids is 1. The Kier molecular flexibility index (Phi) is 4.46. The molecule has 39 heavy (non-hydrogen) atoms. The van der Waals surface area contributed by atoms with Gasteiger partial charge in [0.15, 0.2) is 6.61 Å². The second kappa shape index (κ2) is 7.84. The zero-order chi connectivity index (χ0) is 26.3. The molecular formula is C35H25NO3. The van der Waals surface area contributed by atoms with Gasteiger partial charge >= 0.3 is 0 Å². The third-order valence-corrected chi connectivity index (χ3v) is 8.28. The van der Waals surface area contributed by atoms with Gasteiger partial charge in [0, 0.05) is 22.9 Å². The van der Waals surface area contributed by atoms with Gasteiger partial charge < -0.3 is 14.4 Å². The fraction of sp³-hybridized carbons (Fsp3) is 0.114. The predicted molar refractivity (Wildman–Crippen MR) is 152 cm³/mol. The molecule has 188 valence electrons. The molecule has 5 aromatic carbocycles. The van der Waals surface area contributed by atoms with Crippen LogP contribution in [0.5, 0.6) is 17.2 Å². The molecule has 0 aliphatic carbocycles. The molecular weight excluding hydrogens is 482 g/mol. The lowest BCUT2D eigenvalue weighted by Gasteiger charge is -2.48. The molecule has 0 amide bonds. The molecule has 3 heterocycles. The molecule has 0 radical (unpaired) electrons. The first kappa shape index (κ1) is 22.2. The number of Topliss-reactive ketones (excluding diaryl/α,β-unsaturated/α-hetero) is 1. The van der Waals surface area contributed by atoms with E-state index >= 15 is 0 Å². The predicted octanol–water partition coefficient (Wildman–Crippen LogP) is 8.15. The van der Waals surface area contributed by atoms with Gasteiger partial charge in [0.05, 0.1) is 22.4 Å². The molecule has 5 aromatic rings. The van der Waals surface area contributed by atoms with Crippen LogP contribution in [0.3, 0.4) is 0 Å². The molecule has 0 saturated heterocycles. The van der Waals surface area contributed by atoms with E-state index in [1.807, 2.05) is 30.3 Å². The standard InChI is InChI=1S/C35H25NO3/c1-21-11-15-29-27(17-21)35(25-7-3-5-9-32(25)39-33-10-6-4-8-26(33)35)28-18-22(2)12-16-30(28)36(29)23-13-14-24-31(37)20-38-34(24)19-23/h3-19H,20H2,1-2H3. The number of hydrogen-bond acceptors (Lipinski definition) is 4. The van der Waals surface area contributed by atoms with E-state index in [0.717, 1.165) is 39.7 Å². The van der Waals surface area contributed by atoms with Crippen LogP contribution < -0.4 is 14.4 Å². The highest BCUT2D eigenvalue weighted by Crippen LogP contribution is 2.63. The molecule has 4 nitrogen and oxygen atoms in total. The topological polar surface area (TPSA) is 38.8 Å². The Bertz CT molecular complexity index is 1750. The zero-order valence-electron chi connectivity index (χ0n) is 21.7. The molecule has 8 rings (SSSR count). The van der Waals surface area contributed by atoms with Gasteiger partial charge in [0.25, 0.3) is 0 Å². The third kappa shape index (κ3) is 2.91. The molecule has 0 bridgehead atoms. The van der Waals surface area contributed by atoms with Gasteiger partial charge in [-0.15, -0.1) is 0 Å². The average Bonchev–Trinajstić information content (AvgIpc) is 3.33. The molecule has 3 aliphatic heterocycles. The SMILES string of the molecule is Cc1ccc2c(c1)C1(c3ccccc3Oc3ccccc31)c1cc(C)ccc1N2c1ccc2c(c1)OCC2=O. The summed E-state index contributed by atoms with van der Waals surface area (Å²) in [5.74, 6) is 2.40. The molecule has 0 aromatic heterocycles. The summed E-state index contributed by atoms with van der Waals surface area (Å²) in [6.07, 6.45) is 0. The number of carbonyl (C=O) groups is 1. The summed E-state index contributed by atoms with van der Waals surface area (Å²) in [6, 6.07) is 36.2. The van der Waals surface area contributed by atoms with E-state index < -0.39 is 5.41 Å². The van der Waals surface area contributed by atoms with Crippen LogP contribution in [-0.2, 0) is 5.41 Å². The fourth-order valence-corrected chi connectivity index (χ4v) is 6.64. The minimum atomic E-state index is -0.576. The van der Waals surface area contributed by atoms with Crippen molar-refractivity contribution >= 4 is 22.8 Å². The second-order valence-corrected chi connectivity index (χ2v) is 10.6. The maximum absolute atomic E-state index is 12.3. The molecule has 0 saturated carbocycles. The summed E-state index contributed by atoms with van der Waals surface area (Å²) in [6.45, 7) is 4.40. The van der Waals surface area contributed by atoms with Gasteiger partial charge in [-0.1, -0.05) is 71.8 Å². The summed E-state index contributed by atoms with van der Waals surface area (Å²) >= 11 is 0. The number of hydrogen-bond donors (Lipinski definition) is 0. The first-order chi connectivity index (χ1) is 19.1. The molecule has 0 unspecified atom stereocenters. The highest BCUT2D eigenvalue weighted by molar-refractivity contribution is 6.03. The second-order valence-electron chi connectivity index (χ2n) is 10.6. The number of ether oxygens (including phenoxy) is 2. The average molecular weight is 508 g/mol. The number of rotatable bonds is 1. The minimum absolute atomic E-state index is 0.0246. The van der Waals surface area contributed by atoms with Gasteiger partial charge in [-0.2, -0.15) is 0 Å². The van der Waals surface area contributed by atoms with Crippen molar-refractivity contribution in [2.24, 2.45) is 0 Å². The Balaban J connectivity index is 1.52. The number of nitrogens with zero attached hydrogens (tertiary/aromatic N) is 1. The van der Waals surface area contributed by atoms with Crippen LogP contribution in [-0.4, -0.2) is 12.4 Å². The smallest absolute Gasteiger partial charge is 0.203 e. The van der Waals surface area contributed by atoms with Crippen LogP contribution in [0.25, 0.3) is 0 Å². The van der Waals surface area contributed by atoms with E-state index in [0.29, 0.717) is 11.3 Å². The summed E-state index contributed by atoms with van der Waals surface area (Å²) in [7, 11) is 0. The lowest BCUT2D eigenvalue weighted by molar-refractivity contribution is 0.0961. The zero-order valence-corrected chi connectivity index (χ0v) is 21.7. The van der Waals surface area contributed by atoms with Crippen molar-refractivity contribution in [2.45, 2.75) is 19.3 Å². The number of anilines is 3. The van der Waals surface area contributed by atoms with Crippen molar-refractivity contribution in [3.63, 3.8) is 0 Å². The first-order valence-corrected chi connectivity index (χ1v) is 13.2. The van der Waals surface area contributed by atoms with Crippen molar-refractivity contribution < 1.29 is 14.3 Å². The van der Waals surface area contributed by atoms with Crippen molar-refractivity contribution in [2.75, 3.05) is 11.5 Å². The van der Waals surface area contributed by atoms with Gasteiger partial charge in [0.2, 0.25) is 5.78 Å². The van der Waals surface area contributed by atoms with E-state index in [1.165, 1.54) is 22.3 Å². The third-order valence-electron chi connectivity index (χ3n) is 8.28. The van der Waals surface area contributed by atoms with Crippen LogP contribution in [0, 0.1) is 13.8 Å². The lowest BCUT2D eigenvalue weighted by atomic mass is 9.61. The van der Waals surface area contributed by atoms with E-state index in [9.17, 15) is 4.79 Å². The van der Waals surface area contributed by atoms with Crippen molar-refractivity contribution in [3.05, 3.63) is 142 Å². The van der Waals surface area contributed by atoms with Gasteiger partial charge in [0.1, 0.15) is 17.2 Å². The summed E-state index contributed by atoms with van der Waals surface area (Å²) < 4.78 is 12.3. The van der Waals surface area contributed by atoms with E-state index in [-0.39, 0.29) is 12.4 Å². The van der Waals surface area contributed by atoms with Crippen molar-refractivity contribution in [3.8, 4) is 17.2 Å². The maximum atomic E-state index is 12.3. The highest BCUT2D eigenvalue weighted by atomic mass is 16.5.